The molecule has 43 heavy (non-hydrogen) atoms. The molecular formula is C35H38N4O3S. The summed E-state index contributed by atoms with van der Waals surface area (Å²) in [6.45, 7) is 4.62. The molecule has 7 nitrogen and oxygen atoms in total. The second-order valence-electron chi connectivity index (χ2n) is 10.8. The fourth-order valence-electron chi connectivity index (χ4n) is 5.30. The highest BCUT2D eigenvalue weighted by molar-refractivity contribution is 7.09. The van der Waals surface area contributed by atoms with Crippen LogP contribution in [0.2, 0.25) is 0 Å². The van der Waals surface area contributed by atoms with Crippen molar-refractivity contribution in [2.45, 2.75) is 25.8 Å². The molecule has 222 valence electrons. The Morgan fingerprint density at radius 3 is 2.26 bits per heavy atom. The third-order valence-corrected chi connectivity index (χ3v) is 8.60. The van der Waals surface area contributed by atoms with Gasteiger partial charge in [0, 0.05) is 42.2 Å². The Balaban J connectivity index is 1.24. The minimum atomic E-state index is -0.269. The fraction of sp³-hybridized carbons (Fsp3) is 0.286. The number of thiophene rings is 1. The van der Waals surface area contributed by atoms with Gasteiger partial charge >= 0.3 is 0 Å². The second kappa shape index (κ2) is 15.3. The normalized spacial score (nSPS) is 13.0. The largest absolute Gasteiger partial charge is 0.351 e. The first-order valence-electron chi connectivity index (χ1n) is 14.9. The Kier molecular flexibility index (Phi) is 10.7. The monoisotopic (exact) mass is 594 g/mol. The summed E-state index contributed by atoms with van der Waals surface area (Å²) in [5, 5.41) is 7.87. The second-order valence-corrected chi connectivity index (χ2v) is 11.8. The molecule has 0 bridgehead atoms. The number of carbonyl (C=O) groups excluding carboxylic acids is 3. The highest BCUT2D eigenvalue weighted by atomic mass is 32.1. The van der Waals surface area contributed by atoms with E-state index in [0.29, 0.717) is 30.8 Å². The molecule has 1 saturated heterocycles. The summed E-state index contributed by atoms with van der Waals surface area (Å²) in [4.78, 5) is 44.2. The van der Waals surface area contributed by atoms with E-state index in [4.69, 9.17) is 0 Å². The highest BCUT2D eigenvalue weighted by Gasteiger charge is 2.17. The molecule has 5 rings (SSSR count). The molecule has 3 aromatic carbocycles. The summed E-state index contributed by atoms with van der Waals surface area (Å²) in [6, 6.07) is 28.7. The third-order valence-electron chi connectivity index (χ3n) is 7.67. The van der Waals surface area contributed by atoms with Crippen LogP contribution in [0.5, 0.6) is 0 Å². The Labute approximate surface area is 257 Å². The van der Waals surface area contributed by atoms with Gasteiger partial charge in [0.25, 0.3) is 11.8 Å². The minimum absolute atomic E-state index is 0.0694. The number of carbonyl (C=O) groups is 3. The lowest BCUT2D eigenvalue weighted by molar-refractivity contribution is -0.130. The van der Waals surface area contributed by atoms with Gasteiger partial charge in [0.2, 0.25) is 5.91 Å². The lowest BCUT2D eigenvalue weighted by atomic mass is 10.0. The number of benzene rings is 3. The van der Waals surface area contributed by atoms with Crippen molar-refractivity contribution in [3.63, 3.8) is 0 Å². The molecule has 0 spiro atoms. The van der Waals surface area contributed by atoms with Crippen molar-refractivity contribution in [3.05, 3.63) is 118 Å². The van der Waals surface area contributed by atoms with Gasteiger partial charge < -0.3 is 20.4 Å². The maximum absolute atomic E-state index is 13.4. The smallest absolute Gasteiger partial charge is 0.251 e. The first-order chi connectivity index (χ1) is 21.0. The molecule has 0 unspecified atom stereocenters. The molecule has 1 aliphatic rings. The number of likely N-dealkylation sites (tertiary alicyclic amines) is 1. The molecule has 0 saturated carbocycles. The summed E-state index contributed by atoms with van der Waals surface area (Å²) < 4.78 is 0. The molecular weight excluding hydrogens is 556 g/mol. The van der Waals surface area contributed by atoms with Crippen molar-refractivity contribution in [3.8, 4) is 11.1 Å². The third kappa shape index (κ3) is 8.86. The molecule has 0 radical (unpaired) electrons. The summed E-state index contributed by atoms with van der Waals surface area (Å²) in [7, 11) is 0. The van der Waals surface area contributed by atoms with E-state index in [1.165, 1.54) is 17.7 Å². The van der Waals surface area contributed by atoms with Gasteiger partial charge in [-0.25, -0.2) is 0 Å². The first kappa shape index (κ1) is 30.2. The molecule has 8 heteroatoms. The molecule has 1 aliphatic heterocycles. The zero-order valence-electron chi connectivity index (χ0n) is 24.3. The van der Waals surface area contributed by atoms with E-state index >= 15 is 0 Å². The van der Waals surface area contributed by atoms with Crippen LogP contribution in [0.4, 0.5) is 0 Å². The van der Waals surface area contributed by atoms with Crippen molar-refractivity contribution in [1.82, 2.24) is 20.4 Å². The van der Waals surface area contributed by atoms with Crippen LogP contribution in [0.25, 0.3) is 11.1 Å². The Morgan fingerprint density at radius 1 is 0.767 bits per heavy atom. The Hall–Kier alpha value is -4.27. The highest BCUT2D eigenvalue weighted by Crippen LogP contribution is 2.23. The van der Waals surface area contributed by atoms with Crippen LogP contribution in [0.3, 0.4) is 0 Å². The van der Waals surface area contributed by atoms with Crippen LogP contribution in [0, 0.1) is 0 Å². The van der Waals surface area contributed by atoms with Crippen LogP contribution in [0.15, 0.2) is 96.4 Å². The molecule has 1 aromatic heterocycles. The van der Waals surface area contributed by atoms with Crippen LogP contribution in [-0.4, -0.2) is 66.8 Å². The van der Waals surface area contributed by atoms with E-state index in [9.17, 15) is 14.4 Å². The number of hydrogen-bond donors (Lipinski definition) is 2. The predicted molar refractivity (Wildman–Crippen MR) is 172 cm³/mol. The van der Waals surface area contributed by atoms with Crippen molar-refractivity contribution in [2.75, 3.05) is 39.3 Å². The van der Waals surface area contributed by atoms with Gasteiger partial charge in [-0.1, -0.05) is 54.6 Å². The molecule has 3 amide bonds. The maximum atomic E-state index is 13.4. The molecule has 1 fully saturated rings. The van der Waals surface area contributed by atoms with E-state index in [1.807, 2.05) is 60.0 Å². The molecule has 2 N–H and O–H groups in total. The van der Waals surface area contributed by atoms with Crippen LogP contribution >= 0.6 is 11.3 Å². The Bertz CT molecular complexity index is 1500. The van der Waals surface area contributed by atoms with E-state index in [-0.39, 0.29) is 24.3 Å². The number of hydrogen-bond acceptors (Lipinski definition) is 5. The van der Waals surface area contributed by atoms with E-state index < -0.39 is 0 Å². The maximum Gasteiger partial charge on any atom is 0.251 e. The van der Waals surface area contributed by atoms with Gasteiger partial charge in [-0.3, -0.25) is 14.4 Å². The number of rotatable bonds is 13. The SMILES string of the molecule is O=C(NCCN1CCCC1)c1cccc(-c2cccc(CN(CCc3cccs3)C(=O)CNC(=O)c3ccccc3)c2)c1. The van der Waals surface area contributed by atoms with Crippen molar-refractivity contribution in [1.29, 1.82) is 0 Å². The van der Waals surface area contributed by atoms with Crippen molar-refractivity contribution < 1.29 is 14.4 Å². The van der Waals surface area contributed by atoms with Crippen LogP contribution in [0.1, 0.15) is 44.0 Å². The first-order valence-corrected chi connectivity index (χ1v) is 15.8. The van der Waals surface area contributed by atoms with Gasteiger partial charge in [-0.05, 0) is 90.8 Å². The van der Waals surface area contributed by atoms with E-state index in [2.05, 4.69) is 27.7 Å². The van der Waals surface area contributed by atoms with E-state index in [1.54, 1.807) is 40.5 Å². The zero-order valence-corrected chi connectivity index (χ0v) is 25.2. The summed E-state index contributed by atoms with van der Waals surface area (Å²) in [5.41, 5.74) is 4.06. The van der Waals surface area contributed by atoms with Gasteiger partial charge in [0.05, 0.1) is 6.54 Å². The molecule has 0 atom stereocenters. The molecule has 2 heterocycles. The predicted octanol–water partition coefficient (Wildman–Crippen LogP) is 5.24. The van der Waals surface area contributed by atoms with Gasteiger partial charge in [-0.2, -0.15) is 0 Å². The minimum Gasteiger partial charge on any atom is -0.351 e. The standard InChI is InChI=1S/C35H38N4O3S/c40-33(25-37-34(41)28-10-2-1-3-11-28)39(20-16-32-15-8-22-43-32)26-27-9-6-12-29(23-27)30-13-7-14-31(24-30)35(42)36-17-21-38-18-4-5-19-38/h1-3,6-15,22-24H,4-5,16-21,25-26H2,(H,36,42)(H,37,41). The molecule has 0 aliphatic carbocycles. The summed E-state index contributed by atoms with van der Waals surface area (Å²) >= 11 is 1.67. The van der Waals surface area contributed by atoms with Gasteiger partial charge in [0.1, 0.15) is 0 Å². The van der Waals surface area contributed by atoms with Crippen LogP contribution in [-0.2, 0) is 17.8 Å². The average Bonchev–Trinajstić information content (AvgIpc) is 3.77. The molecule has 4 aromatic rings. The van der Waals surface area contributed by atoms with Gasteiger partial charge in [-0.15, -0.1) is 11.3 Å². The fourth-order valence-corrected chi connectivity index (χ4v) is 5.99. The lowest BCUT2D eigenvalue weighted by Gasteiger charge is -2.23. The number of nitrogens with one attached hydrogen (secondary N) is 2. The average molecular weight is 595 g/mol. The lowest BCUT2D eigenvalue weighted by Crippen LogP contribution is -2.40. The van der Waals surface area contributed by atoms with Crippen molar-refractivity contribution in [2.24, 2.45) is 0 Å². The quantitative estimate of drug-likeness (QED) is 0.222. The number of amides is 3. The summed E-state index contributed by atoms with van der Waals surface area (Å²) in [5.74, 6) is -0.479. The summed E-state index contributed by atoms with van der Waals surface area (Å²) in [6.07, 6.45) is 3.21. The van der Waals surface area contributed by atoms with Gasteiger partial charge in [0.15, 0.2) is 0 Å². The topological polar surface area (TPSA) is 81.8 Å². The van der Waals surface area contributed by atoms with Crippen molar-refractivity contribution >= 4 is 29.1 Å². The Morgan fingerprint density at radius 2 is 1.49 bits per heavy atom. The number of nitrogens with zero attached hydrogens (tertiary/aromatic N) is 2. The zero-order chi connectivity index (χ0) is 29.9. The van der Waals surface area contributed by atoms with E-state index in [0.717, 1.165) is 42.7 Å². The van der Waals surface area contributed by atoms with Crippen LogP contribution < -0.4 is 10.6 Å².